The number of phosphoric acid groups is 2. The Balaban J connectivity index is 5.15. The molecule has 3 N–H and O–H groups in total. The summed E-state index contributed by atoms with van der Waals surface area (Å²) in [5.74, 6) is -1.36. The van der Waals surface area contributed by atoms with Gasteiger partial charge in [-0.25, -0.2) is 9.13 Å². The first kappa shape index (κ1) is 78.1. The van der Waals surface area contributed by atoms with Crippen LogP contribution in [-0.2, 0) is 65.4 Å². The number of hydrogen-bond acceptors (Lipinski definition) is 15. The Morgan fingerprint density at radius 2 is 0.575 bits per heavy atom. The number of carbonyl (C=O) groups is 4. The van der Waals surface area contributed by atoms with E-state index < -0.39 is 97.5 Å². The molecule has 0 heterocycles. The molecule has 474 valence electrons. The fourth-order valence-corrected chi connectivity index (χ4v) is 10.6. The Labute approximate surface area is 486 Å². The van der Waals surface area contributed by atoms with E-state index in [1.807, 2.05) is 0 Å². The average molecular weight is 1190 g/mol. The first-order valence-corrected chi connectivity index (χ1v) is 35.1. The molecule has 0 aromatic rings. The van der Waals surface area contributed by atoms with E-state index in [0.29, 0.717) is 25.7 Å². The zero-order valence-corrected chi connectivity index (χ0v) is 53.0. The lowest BCUT2D eigenvalue weighted by molar-refractivity contribution is -0.161. The summed E-state index contributed by atoms with van der Waals surface area (Å²) in [6.45, 7) is 7.08. The van der Waals surface area contributed by atoms with Crippen LogP contribution >= 0.6 is 15.6 Å². The van der Waals surface area contributed by atoms with Gasteiger partial charge >= 0.3 is 39.5 Å². The van der Waals surface area contributed by atoms with Crippen LogP contribution < -0.4 is 0 Å². The number of ether oxygens (including phenoxy) is 4. The fourth-order valence-electron chi connectivity index (χ4n) is 9.05. The Bertz CT molecular complexity index is 1570. The van der Waals surface area contributed by atoms with Gasteiger partial charge in [0, 0.05) is 25.7 Å². The number of phosphoric ester groups is 2. The van der Waals surface area contributed by atoms with Gasteiger partial charge in [-0.2, -0.15) is 0 Å². The molecule has 0 fully saturated rings. The molecule has 0 rings (SSSR count). The van der Waals surface area contributed by atoms with Gasteiger partial charge in [0.1, 0.15) is 19.3 Å². The van der Waals surface area contributed by atoms with Gasteiger partial charge in [0.25, 0.3) is 0 Å². The molecule has 0 aromatic heterocycles. The van der Waals surface area contributed by atoms with E-state index in [-0.39, 0.29) is 25.7 Å². The molecule has 0 bridgehead atoms. The van der Waals surface area contributed by atoms with Crippen molar-refractivity contribution in [3.05, 3.63) is 0 Å². The first-order valence-electron chi connectivity index (χ1n) is 32.1. The second-order valence-corrected chi connectivity index (χ2v) is 25.5. The summed E-state index contributed by atoms with van der Waals surface area (Å²) in [6, 6.07) is 0. The Kier molecular flexibility index (Phi) is 53.6. The van der Waals surface area contributed by atoms with Crippen molar-refractivity contribution >= 4 is 39.5 Å². The van der Waals surface area contributed by atoms with Crippen molar-refractivity contribution in [3.8, 4) is 0 Å². The summed E-state index contributed by atoms with van der Waals surface area (Å²) in [5, 5.41) is 10.5. The lowest BCUT2D eigenvalue weighted by Gasteiger charge is -2.21. The van der Waals surface area contributed by atoms with Gasteiger partial charge in [0.2, 0.25) is 0 Å². The highest BCUT2D eigenvalue weighted by Gasteiger charge is 2.30. The molecular weight excluding hydrogens is 1070 g/mol. The number of hydrogen-bond donors (Lipinski definition) is 3. The molecule has 0 aromatic carbocycles. The maximum absolute atomic E-state index is 12.9. The summed E-state index contributed by atoms with van der Waals surface area (Å²) in [4.78, 5) is 71.8. The van der Waals surface area contributed by atoms with Gasteiger partial charge in [0.05, 0.1) is 26.4 Å². The van der Waals surface area contributed by atoms with Gasteiger partial charge in [0.15, 0.2) is 12.2 Å². The van der Waals surface area contributed by atoms with Crippen LogP contribution in [0.2, 0.25) is 0 Å². The topological polar surface area (TPSA) is 237 Å². The molecule has 0 amide bonds. The van der Waals surface area contributed by atoms with Crippen molar-refractivity contribution in [1.29, 1.82) is 0 Å². The third kappa shape index (κ3) is 55.3. The predicted molar refractivity (Wildman–Crippen MR) is 317 cm³/mol. The van der Waals surface area contributed by atoms with Crippen LogP contribution in [0.15, 0.2) is 0 Å². The zero-order chi connectivity index (χ0) is 59.2. The summed E-state index contributed by atoms with van der Waals surface area (Å²) in [7, 11) is -9.87. The smallest absolute Gasteiger partial charge is 0.462 e. The van der Waals surface area contributed by atoms with E-state index in [2.05, 4.69) is 34.6 Å². The summed E-state index contributed by atoms with van der Waals surface area (Å²) in [5.41, 5.74) is 0. The monoisotopic (exact) mass is 1180 g/mol. The predicted octanol–water partition coefficient (Wildman–Crippen LogP) is 16.6. The molecular formula is C61H118O17P2. The van der Waals surface area contributed by atoms with E-state index in [0.717, 1.165) is 102 Å². The quantitative estimate of drug-likeness (QED) is 0.0222. The van der Waals surface area contributed by atoms with Crippen LogP contribution in [0.25, 0.3) is 0 Å². The van der Waals surface area contributed by atoms with Crippen LogP contribution in [0.3, 0.4) is 0 Å². The number of esters is 4. The SMILES string of the molecule is CCCCCCCCCCCCC(=O)OC[C@H](COP(=O)(O)OC[C@@H](O)COP(=O)(O)OC[C@@H](COC(=O)CCCCCCC)OC(=O)CCCCCCCCCCC)OC(=O)CCCCCCCCCCCCCCCC(C)C. The van der Waals surface area contributed by atoms with Crippen LogP contribution in [0.5, 0.6) is 0 Å². The molecule has 0 aliphatic carbocycles. The Hall–Kier alpha value is -1.94. The second-order valence-electron chi connectivity index (χ2n) is 22.6. The average Bonchev–Trinajstić information content (AvgIpc) is 3.42. The third-order valence-electron chi connectivity index (χ3n) is 14.0. The molecule has 2 unspecified atom stereocenters. The van der Waals surface area contributed by atoms with Crippen molar-refractivity contribution in [3.63, 3.8) is 0 Å². The van der Waals surface area contributed by atoms with Crippen molar-refractivity contribution in [2.45, 2.75) is 323 Å². The van der Waals surface area contributed by atoms with Gasteiger partial charge < -0.3 is 33.8 Å². The van der Waals surface area contributed by atoms with Crippen LogP contribution in [0.4, 0.5) is 0 Å². The highest BCUT2D eigenvalue weighted by Crippen LogP contribution is 2.45. The third-order valence-corrected chi connectivity index (χ3v) is 15.9. The van der Waals surface area contributed by atoms with E-state index in [4.69, 9.17) is 37.0 Å². The molecule has 0 saturated heterocycles. The minimum Gasteiger partial charge on any atom is -0.462 e. The second kappa shape index (κ2) is 55.0. The lowest BCUT2D eigenvalue weighted by atomic mass is 10.0. The van der Waals surface area contributed by atoms with Crippen molar-refractivity contribution in [2.75, 3.05) is 39.6 Å². The maximum Gasteiger partial charge on any atom is 0.472 e. The lowest BCUT2D eigenvalue weighted by Crippen LogP contribution is -2.30. The van der Waals surface area contributed by atoms with Crippen LogP contribution in [-0.4, -0.2) is 96.7 Å². The molecule has 80 heavy (non-hydrogen) atoms. The van der Waals surface area contributed by atoms with Gasteiger partial charge in [-0.15, -0.1) is 0 Å². The molecule has 5 atom stereocenters. The van der Waals surface area contributed by atoms with Gasteiger partial charge in [-0.05, 0) is 31.6 Å². The minimum absolute atomic E-state index is 0.105. The molecule has 0 aliphatic heterocycles. The minimum atomic E-state index is -4.94. The molecule has 0 saturated carbocycles. The highest BCUT2D eigenvalue weighted by atomic mass is 31.2. The number of aliphatic hydroxyl groups is 1. The van der Waals surface area contributed by atoms with Gasteiger partial charge in [-0.1, -0.05) is 253 Å². The van der Waals surface area contributed by atoms with Crippen LogP contribution in [0.1, 0.15) is 304 Å². The largest absolute Gasteiger partial charge is 0.472 e. The normalized spacial score (nSPS) is 14.3. The first-order chi connectivity index (χ1) is 38.5. The van der Waals surface area contributed by atoms with E-state index in [1.54, 1.807) is 0 Å². The highest BCUT2D eigenvalue weighted by molar-refractivity contribution is 7.47. The van der Waals surface area contributed by atoms with Crippen molar-refractivity contribution in [2.24, 2.45) is 5.92 Å². The zero-order valence-electron chi connectivity index (χ0n) is 51.2. The fraction of sp³-hybridized carbons (Fsp3) is 0.934. The number of carbonyl (C=O) groups excluding carboxylic acids is 4. The molecule has 17 nitrogen and oxygen atoms in total. The Morgan fingerprint density at radius 1 is 0.338 bits per heavy atom. The van der Waals surface area contributed by atoms with Gasteiger partial charge in [-0.3, -0.25) is 37.3 Å². The number of aliphatic hydroxyl groups excluding tert-OH is 1. The summed E-state index contributed by atoms with van der Waals surface area (Å²) >= 11 is 0. The van der Waals surface area contributed by atoms with Crippen LogP contribution in [0, 0.1) is 5.92 Å². The maximum atomic E-state index is 12.9. The van der Waals surface area contributed by atoms with E-state index >= 15 is 0 Å². The molecule has 0 radical (unpaired) electrons. The van der Waals surface area contributed by atoms with E-state index in [1.165, 1.54) is 122 Å². The molecule has 0 aliphatic rings. The summed E-state index contributed by atoms with van der Waals surface area (Å²) < 4.78 is 67.6. The Morgan fingerprint density at radius 3 is 0.850 bits per heavy atom. The number of unbranched alkanes of at least 4 members (excludes halogenated alkanes) is 33. The summed E-state index contributed by atoms with van der Waals surface area (Å²) in [6.07, 6.45) is 37.9. The molecule has 19 heteroatoms. The number of rotatable bonds is 61. The molecule has 0 spiro atoms. The van der Waals surface area contributed by atoms with Crippen molar-refractivity contribution in [1.82, 2.24) is 0 Å². The van der Waals surface area contributed by atoms with Crippen molar-refractivity contribution < 1.29 is 80.2 Å². The van der Waals surface area contributed by atoms with E-state index in [9.17, 15) is 43.2 Å². The standard InChI is InChI=1S/C61H118O17P2/c1-6-9-12-15-17-19-27-30-35-40-45-59(64)72-51-57(78-61(66)47-42-37-32-28-24-22-20-21-23-26-29-34-38-43-54(4)5)53-76-80(69,70)74-49-55(62)48-73-79(67,68)75-52-56(50-71-58(63)44-39-33-14-11-8-3)77-60(65)46-41-36-31-25-18-16-13-10-7-2/h54-57,62H,6-53H2,1-5H3,(H,67,68)(H,69,70)/t55-,56+,57+/m0/s1.